The molecule has 0 fully saturated rings. The van der Waals surface area contributed by atoms with Gasteiger partial charge in [0.25, 0.3) is 0 Å². The lowest BCUT2D eigenvalue weighted by Crippen LogP contribution is -2.60. The normalized spacial score (nSPS) is 17.7. The fourth-order valence-corrected chi connectivity index (χ4v) is 3.41. The summed E-state index contributed by atoms with van der Waals surface area (Å²) in [5.74, 6) is 3.61. The second-order valence-corrected chi connectivity index (χ2v) is 8.47. The van der Waals surface area contributed by atoms with Crippen LogP contribution in [0.3, 0.4) is 0 Å². The first-order valence-electron chi connectivity index (χ1n) is 10.9. The summed E-state index contributed by atoms with van der Waals surface area (Å²) in [6, 6.07) is 22.0. The summed E-state index contributed by atoms with van der Waals surface area (Å²) >= 11 is 0. The fourth-order valence-electron chi connectivity index (χ4n) is 3.41. The zero-order valence-corrected chi connectivity index (χ0v) is 18.5. The number of ether oxygens (including phenoxy) is 1. The van der Waals surface area contributed by atoms with Crippen LogP contribution in [0, 0.1) is 5.92 Å². The number of rotatable bonds is 8. The average Bonchev–Trinajstić information content (AvgIpc) is 3.25. The Balaban J connectivity index is 1.35. The molecule has 1 atom stereocenters. The summed E-state index contributed by atoms with van der Waals surface area (Å²) in [5, 5.41) is 6.56. The maximum Gasteiger partial charge on any atom is 0.197 e. The van der Waals surface area contributed by atoms with Crippen LogP contribution >= 0.6 is 0 Å². The Bertz CT molecular complexity index is 1070. The molecule has 2 aromatic carbocycles. The van der Waals surface area contributed by atoms with E-state index in [1.807, 2.05) is 60.7 Å². The molecule has 0 bridgehead atoms. The Labute approximate surface area is 189 Å². The van der Waals surface area contributed by atoms with Crippen molar-refractivity contribution in [3.63, 3.8) is 0 Å². The second kappa shape index (κ2) is 9.75. The van der Waals surface area contributed by atoms with E-state index in [9.17, 15) is 0 Å². The summed E-state index contributed by atoms with van der Waals surface area (Å²) in [5.41, 5.74) is 7.91. The Morgan fingerprint density at radius 2 is 1.84 bits per heavy atom. The summed E-state index contributed by atoms with van der Waals surface area (Å²) in [6.45, 7) is 5.66. The molecule has 4 N–H and O–H groups in total. The number of nitrogens with one attached hydrogen (secondary N) is 2. The third kappa shape index (κ3) is 5.80. The largest absolute Gasteiger partial charge is 0.489 e. The van der Waals surface area contributed by atoms with E-state index < -0.39 is 5.66 Å². The van der Waals surface area contributed by atoms with Crippen molar-refractivity contribution in [1.29, 1.82) is 0 Å². The van der Waals surface area contributed by atoms with Crippen LogP contribution < -0.4 is 21.1 Å². The highest BCUT2D eigenvalue weighted by atomic mass is 16.5. The second-order valence-electron chi connectivity index (χ2n) is 8.47. The molecule has 6 nitrogen and oxygen atoms in total. The molecule has 1 aromatic heterocycles. The zero-order valence-electron chi connectivity index (χ0n) is 18.5. The first-order chi connectivity index (χ1) is 15.5. The summed E-state index contributed by atoms with van der Waals surface area (Å²) in [4.78, 5) is 4.33. The molecule has 4 rings (SSSR count). The molecule has 1 aliphatic heterocycles. The van der Waals surface area contributed by atoms with Gasteiger partial charge in [0.2, 0.25) is 0 Å². The molecular formula is C26H30N4O2. The van der Waals surface area contributed by atoms with E-state index >= 15 is 0 Å². The van der Waals surface area contributed by atoms with Crippen LogP contribution in [-0.4, -0.2) is 18.2 Å². The van der Waals surface area contributed by atoms with Gasteiger partial charge in [-0.3, -0.25) is 0 Å². The predicted octanol–water partition coefficient (Wildman–Crippen LogP) is 4.44. The quantitative estimate of drug-likeness (QED) is 0.492. The van der Waals surface area contributed by atoms with Gasteiger partial charge >= 0.3 is 0 Å². The Kier molecular flexibility index (Phi) is 6.61. The minimum Gasteiger partial charge on any atom is -0.489 e. The molecule has 0 aliphatic carbocycles. The van der Waals surface area contributed by atoms with Crippen LogP contribution in [-0.2, 0) is 13.0 Å². The number of nitrogens with zero attached hydrogens (tertiary/aromatic N) is 1. The lowest BCUT2D eigenvalue weighted by molar-refractivity contribution is 0.306. The summed E-state index contributed by atoms with van der Waals surface area (Å²) in [7, 11) is 0. The van der Waals surface area contributed by atoms with Crippen molar-refractivity contribution in [3.05, 3.63) is 90.3 Å². The number of hydrogen-bond acceptors (Lipinski definition) is 6. The maximum atomic E-state index is 6.54. The van der Waals surface area contributed by atoms with E-state index in [0.717, 1.165) is 34.9 Å². The van der Waals surface area contributed by atoms with Crippen molar-refractivity contribution in [2.24, 2.45) is 16.6 Å². The lowest BCUT2D eigenvalue weighted by atomic mass is 10.0. The van der Waals surface area contributed by atoms with Crippen molar-refractivity contribution < 1.29 is 9.15 Å². The van der Waals surface area contributed by atoms with E-state index in [4.69, 9.17) is 14.9 Å². The molecule has 1 unspecified atom stereocenters. The zero-order chi connectivity index (χ0) is 22.4. The van der Waals surface area contributed by atoms with E-state index in [-0.39, 0.29) is 0 Å². The molecule has 0 saturated carbocycles. The van der Waals surface area contributed by atoms with Crippen molar-refractivity contribution in [2.45, 2.75) is 32.5 Å². The standard InChI is InChI=1S/C26H30N4O2/c1-19(2)17-29-25-28-15-14-26(27,30-25)16-23-12-13-24(32-23)21-8-10-22(11-9-21)31-18-20-6-4-3-5-7-20/h3-15,19H,16-18,27H2,1-2H3,(H2,28,29,30). The Morgan fingerprint density at radius 1 is 1.06 bits per heavy atom. The van der Waals surface area contributed by atoms with Gasteiger partial charge in [0.05, 0.1) is 0 Å². The van der Waals surface area contributed by atoms with Crippen LogP contribution in [0.5, 0.6) is 5.75 Å². The van der Waals surface area contributed by atoms with Gasteiger partial charge in [-0.2, -0.15) is 0 Å². The number of aliphatic imine (C=N–C) groups is 1. The highest BCUT2D eigenvalue weighted by Gasteiger charge is 2.27. The van der Waals surface area contributed by atoms with E-state index in [2.05, 4.69) is 41.6 Å². The first kappa shape index (κ1) is 21.7. The Morgan fingerprint density at radius 3 is 2.59 bits per heavy atom. The van der Waals surface area contributed by atoms with Crippen molar-refractivity contribution >= 4 is 5.96 Å². The molecular weight excluding hydrogens is 400 g/mol. The van der Waals surface area contributed by atoms with Crippen LogP contribution in [0.15, 0.2) is 88.4 Å². The van der Waals surface area contributed by atoms with Gasteiger partial charge < -0.3 is 25.5 Å². The van der Waals surface area contributed by atoms with Gasteiger partial charge in [0.1, 0.15) is 29.5 Å². The summed E-state index contributed by atoms with van der Waals surface area (Å²) in [6.07, 6.45) is 4.09. The molecule has 166 valence electrons. The molecule has 2 heterocycles. The van der Waals surface area contributed by atoms with Crippen molar-refractivity contribution in [1.82, 2.24) is 10.6 Å². The van der Waals surface area contributed by atoms with E-state index in [1.54, 1.807) is 6.20 Å². The highest BCUT2D eigenvalue weighted by Crippen LogP contribution is 2.26. The molecule has 3 aromatic rings. The van der Waals surface area contributed by atoms with E-state index in [0.29, 0.717) is 24.9 Å². The number of furan rings is 1. The predicted molar refractivity (Wildman–Crippen MR) is 128 cm³/mol. The number of benzene rings is 2. The van der Waals surface area contributed by atoms with Crippen LogP contribution in [0.2, 0.25) is 0 Å². The van der Waals surface area contributed by atoms with Crippen molar-refractivity contribution in [3.8, 4) is 17.1 Å². The number of nitrogens with two attached hydrogens (primary N) is 1. The molecule has 0 radical (unpaired) electrons. The van der Waals surface area contributed by atoms with E-state index in [1.165, 1.54) is 0 Å². The fraction of sp³-hybridized carbons (Fsp3) is 0.269. The summed E-state index contributed by atoms with van der Waals surface area (Å²) < 4.78 is 12.0. The monoisotopic (exact) mass is 430 g/mol. The number of guanidine groups is 1. The third-order valence-electron chi connectivity index (χ3n) is 5.12. The van der Waals surface area contributed by atoms with Crippen molar-refractivity contribution in [2.75, 3.05) is 6.54 Å². The van der Waals surface area contributed by atoms with Gasteiger partial charge in [-0.15, -0.1) is 0 Å². The third-order valence-corrected chi connectivity index (χ3v) is 5.12. The molecule has 0 amide bonds. The minimum absolute atomic E-state index is 0.504. The smallest absolute Gasteiger partial charge is 0.197 e. The molecule has 6 heteroatoms. The van der Waals surface area contributed by atoms with Gasteiger partial charge in [-0.25, -0.2) is 4.99 Å². The average molecular weight is 431 g/mol. The van der Waals surface area contributed by atoms with Gasteiger partial charge in [-0.1, -0.05) is 44.2 Å². The minimum atomic E-state index is -0.759. The first-order valence-corrected chi connectivity index (χ1v) is 10.9. The maximum absolute atomic E-state index is 6.54. The number of hydrogen-bond donors (Lipinski definition) is 3. The SMILES string of the molecule is CC(C)CNC1=NC=CC(N)(Cc2ccc(-c3ccc(OCc4ccccc4)cc3)o2)N1. The van der Waals surface area contributed by atoms with Crippen LogP contribution in [0.4, 0.5) is 0 Å². The molecule has 0 saturated heterocycles. The highest BCUT2D eigenvalue weighted by molar-refractivity contribution is 5.82. The topological polar surface area (TPSA) is 84.8 Å². The lowest BCUT2D eigenvalue weighted by Gasteiger charge is -2.31. The molecule has 0 spiro atoms. The van der Waals surface area contributed by atoms with Gasteiger partial charge in [0, 0.05) is 24.7 Å². The van der Waals surface area contributed by atoms with Crippen LogP contribution in [0.25, 0.3) is 11.3 Å². The van der Waals surface area contributed by atoms with Gasteiger partial charge in [-0.05, 0) is 54.0 Å². The Hall–Kier alpha value is -3.51. The van der Waals surface area contributed by atoms with Crippen LogP contribution in [0.1, 0.15) is 25.2 Å². The molecule has 32 heavy (non-hydrogen) atoms. The molecule has 1 aliphatic rings. The van der Waals surface area contributed by atoms with Gasteiger partial charge in [0.15, 0.2) is 5.96 Å².